The van der Waals surface area contributed by atoms with Crippen molar-refractivity contribution < 1.29 is 14.7 Å². The normalized spacial score (nSPS) is 12.3. The van der Waals surface area contributed by atoms with Gasteiger partial charge in [-0.25, -0.2) is 0 Å². The van der Waals surface area contributed by atoms with Crippen LogP contribution in [0.15, 0.2) is 24.3 Å². The van der Waals surface area contributed by atoms with Gasteiger partial charge in [0.1, 0.15) is 5.69 Å². The van der Waals surface area contributed by atoms with Crippen LogP contribution in [-0.4, -0.2) is 28.0 Å². The fourth-order valence-electron chi connectivity index (χ4n) is 1.97. The molecule has 2 aromatic rings. The molecule has 106 valence electrons. The zero-order valence-corrected chi connectivity index (χ0v) is 11.7. The first-order chi connectivity index (χ1) is 9.49. The van der Waals surface area contributed by atoms with Crippen LogP contribution in [0.1, 0.15) is 30.3 Å². The van der Waals surface area contributed by atoms with Crippen molar-refractivity contribution in [2.24, 2.45) is 0 Å². The molecule has 0 saturated heterocycles. The topological polar surface area (TPSA) is 82.2 Å². The lowest BCUT2D eigenvalue weighted by molar-refractivity contribution is -0.137. The van der Waals surface area contributed by atoms with Crippen LogP contribution >= 0.6 is 11.6 Å². The van der Waals surface area contributed by atoms with E-state index < -0.39 is 5.97 Å². The number of aromatic nitrogens is 1. The summed E-state index contributed by atoms with van der Waals surface area (Å²) in [5.74, 6) is -1.21. The van der Waals surface area contributed by atoms with E-state index in [9.17, 15) is 9.59 Å². The molecule has 1 unspecified atom stereocenters. The highest BCUT2D eigenvalue weighted by atomic mass is 35.5. The molecule has 0 spiro atoms. The molecule has 1 heterocycles. The third-order valence-corrected chi connectivity index (χ3v) is 3.43. The Balaban J connectivity index is 2.11. The molecule has 1 amide bonds. The van der Waals surface area contributed by atoms with Crippen LogP contribution in [0, 0.1) is 0 Å². The first kappa shape index (κ1) is 14.4. The van der Waals surface area contributed by atoms with Crippen molar-refractivity contribution in [3.63, 3.8) is 0 Å². The van der Waals surface area contributed by atoms with E-state index in [1.54, 1.807) is 6.92 Å². The molecule has 1 aromatic carbocycles. The molecule has 0 fully saturated rings. The van der Waals surface area contributed by atoms with Gasteiger partial charge < -0.3 is 15.4 Å². The number of aliphatic carboxylic acids is 1. The molecule has 0 radical (unpaired) electrons. The maximum absolute atomic E-state index is 12.1. The van der Waals surface area contributed by atoms with Crippen LogP contribution in [-0.2, 0) is 4.79 Å². The molecule has 20 heavy (non-hydrogen) atoms. The number of aromatic amines is 1. The van der Waals surface area contributed by atoms with E-state index in [4.69, 9.17) is 16.7 Å². The largest absolute Gasteiger partial charge is 0.481 e. The van der Waals surface area contributed by atoms with Gasteiger partial charge in [0.2, 0.25) is 0 Å². The molecular formula is C14H15ClN2O3. The van der Waals surface area contributed by atoms with Gasteiger partial charge in [-0.2, -0.15) is 0 Å². The lowest BCUT2D eigenvalue weighted by Crippen LogP contribution is -2.33. The van der Waals surface area contributed by atoms with E-state index in [0.717, 1.165) is 10.9 Å². The van der Waals surface area contributed by atoms with Crippen LogP contribution < -0.4 is 5.32 Å². The highest BCUT2D eigenvalue weighted by Gasteiger charge is 2.18. The first-order valence-corrected chi connectivity index (χ1v) is 6.65. The Morgan fingerprint density at radius 3 is 2.75 bits per heavy atom. The van der Waals surface area contributed by atoms with Crippen LogP contribution in [0.4, 0.5) is 0 Å². The summed E-state index contributed by atoms with van der Waals surface area (Å²) in [7, 11) is 0. The number of amides is 1. The highest BCUT2D eigenvalue weighted by molar-refractivity contribution is 6.38. The molecule has 2 rings (SSSR count). The molecular weight excluding hydrogens is 280 g/mol. The standard InChI is InChI=1S/C14H15ClN2O3/c1-8(6-7-11(18)19)16-14(20)13-12(15)9-4-2-3-5-10(9)17-13/h2-5,8,17H,6-7H2,1H3,(H,16,20)(H,18,19). The lowest BCUT2D eigenvalue weighted by atomic mass is 10.2. The van der Waals surface area contributed by atoms with Crippen molar-refractivity contribution in [3.8, 4) is 0 Å². The first-order valence-electron chi connectivity index (χ1n) is 6.28. The number of H-pyrrole nitrogens is 1. The number of hydrogen-bond donors (Lipinski definition) is 3. The summed E-state index contributed by atoms with van der Waals surface area (Å²) in [6, 6.07) is 7.14. The lowest BCUT2D eigenvalue weighted by Gasteiger charge is -2.12. The number of para-hydroxylation sites is 1. The van der Waals surface area contributed by atoms with Gasteiger partial charge in [0.05, 0.1) is 5.02 Å². The number of carbonyl (C=O) groups excluding carboxylic acids is 1. The summed E-state index contributed by atoms with van der Waals surface area (Å²) in [6.45, 7) is 1.76. The summed E-state index contributed by atoms with van der Waals surface area (Å²) in [4.78, 5) is 25.6. The van der Waals surface area contributed by atoms with Gasteiger partial charge in [-0.1, -0.05) is 29.8 Å². The summed E-state index contributed by atoms with van der Waals surface area (Å²) in [5, 5.41) is 12.5. The monoisotopic (exact) mass is 294 g/mol. The van der Waals surface area contributed by atoms with Gasteiger partial charge >= 0.3 is 5.97 Å². The molecule has 0 bridgehead atoms. The average Bonchev–Trinajstić information content (AvgIpc) is 2.74. The van der Waals surface area contributed by atoms with Crippen molar-refractivity contribution in [1.29, 1.82) is 0 Å². The molecule has 1 aromatic heterocycles. The number of fused-ring (bicyclic) bond motifs is 1. The molecule has 3 N–H and O–H groups in total. The Bertz CT molecular complexity index is 651. The molecule has 0 aliphatic carbocycles. The molecule has 0 aliphatic rings. The number of carbonyl (C=O) groups is 2. The minimum atomic E-state index is -0.880. The number of benzene rings is 1. The minimum Gasteiger partial charge on any atom is -0.481 e. The Morgan fingerprint density at radius 2 is 2.10 bits per heavy atom. The van der Waals surface area contributed by atoms with Crippen molar-refractivity contribution in [3.05, 3.63) is 35.0 Å². The maximum Gasteiger partial charge on any atom is 0.303 e. The van der Waals surface area contributed by atoms with Crippen molar-refractivity contribution in [2.75, 3.05) is 0 Å². The SMILES string of the molecule is CC(CCC(=O)O)NC(=O)c1[nH]c2ccccc2c1Cl. The van der Waals surface area contributed by atoms with Crippen LogP contribution in [0.3, 0.4) is 0 Å². The molecule has 6 heteroatoms. The number of carboxylic acid groups (broad SMARTS) is 1. The van der Waals surface area contributed by atoms with Gasteiger partial charge in [0.25, 0.3) is 5.91 Å². The summed E-state index contributed by atoms with van der Waals surface area (Å²) >= 11 is 6.18. The van der Waals surface area contributed by atoms with E-state index in [0.29, 0.717) is 17.1 Å². The van der Waals surface area contributed by atoms with E-state index in [-0.39, 0.29) is 18.4 Å². The Kier molecular flexibility index (Phi) is 4.29. The minimum absolute atomic E-state index is 0.0158. The van der Waals surface area contributed by atoms with Crippen molar-refractivity contribution >= 4 is 34.4 Å². The van der Waals surface area contributed by atoms with Gasteiger partial charge in [-0.05, 0) is 19.4 Å². The number of halogens is 1. The predicted molar refractivity (Wildman–Crippen MR) is 77.1 cm³/mol. The number of carboxylic acids is 1. The molecule has 5 nitrogen and oxygen atoms in total. The zero-order chi connectivity index (χ0) is 14.7. The molecule has 0 saturated carbocycles. The Hall–Kier alpha value is -2.01. The van der Waals surface area contributed by atoms with E-state index >= 15 is 0 Å². The summed E-state index contributed by atoms with van der Waals surface area (Å²) in [5.41, 5.74) is 1.09. The zero-order valence-electron chi connectivity index (χ0n) is 10.9. The Labute approximate surface area is 120 Å². The number of rotatable bonds is 5. The van der Waals surface area contributed by atoms with E-state index in [1.807, 2.05) is 24.3 Å². The second-order valence-electron chi connectivity index (χ2n) is 4.67. The molecule has 1 atom stereocenters. The maximum atomic E-state index is 12.1. The second-order valence-corrected chi connectivity index (χ2v) is 5.04. The van der Waals surface area contributed by atoms with Gasteiger partial charge in [0.15, 0.2) is 0 Å². The van der Waals surface area contributed by atoms with E-state index in [1.165, 1.54) is 0 Å². The van der Waals surface area contributed by atoms with Crippen LogP contribution in [0.25, 0.3) is 10.9 Å². The number of nitrogens with one attached hydrogen (secondary N) is 2. The van der Waals surface area contributed by atoms with Crippen LogP contribution in [0.2, 0.25) is 5.02 Å². The van der Waals surface area contributed by atoms with Crippen molar-refractivity contribution in [1.82, 2.24) is 10.3 Å². The van der Waals surface area contributed by atoms with Crippen molar-refractivity contribution in [2.45, 2.75) is 25.8 Å². The third-order valence-electron chi connectivity index (χ3n) is 3.04. The smallest absolute Gasteiger partial charge is 0.303 e. The predicted octanol–water partition coefficient (Wildman–Crippen LogP) is 2.80. The third kappa shape index (κ3) is 3.11. The fraction of sp³-hybridized carbons (Fsp3) is 0.286. The van der Waals surface area contributed by atoms with Gasteiger partial charge in [0, 0.05) is 23.4 Å². The fourth-order valence-corrected chi connectivity index (χ4v) is 2.27. The second kappa shape index (κ2) is 5.96. The molecule has 0 aliphatic heterocycles. The number of hydrogen-bond acceptors (Lipinski definition) is 2. The van der Waals surface area contributed by atoms with Gasteiger partial charge in [-0.15, -0.1) is 0 Å². The average molecular weight is 295 g/mol. The van der Waals surface area contributed by atoms with Crippen LogP contribution in [0.5, 0.6) is 0 Å². The Morgan fingerprint density at radius 1 is 1.40 bits per heavy atom. The quantitative estimate of drug-likeness (QED) is 0.793. The van der Waals surface area contributed by atoms with E-state index in [2.05, 4.69) is 10.3 Å². The van der Waals surface area contributed by atoms with Gasteiger partial charge in [-0.3, -0.25) is 9.59 Å². The summed E-state index contributed by atoms with van der Waals surface area (Å²) in [6.07, 6.45) is 0.390. The summed E-state index contributed by atoms with van der Waals surface area (Å²) < 4.78 is 0. The highest BCUT2D eigenvalue weighted by Crippen LogP contribution is 2.27.